The lowest BCUT2D eigenvalue weighted by Crippen LogP contribution is -2.49. The molecule has 3 rings (SSSR count). The van der Waals surface area contributed by atoms with Crippen LogP contribution in [0.25, 0.3) is 11.0 Å². The number of nitrogens with one attached hydrogen (secondary N) is 1. The van der Waals surface area contributed by atoms with Crippen LogP contribution in [0.4, 0.5) is 0 Å². The van der Waals surface area contributed by atoms with Crippen LogP contribution in [0.5, 0.6) is 5.75 Å². The molecule has 7 nitrogen and oxygen atoms in total. The molecule has 1 aromatic carbocycles. The van der Waals surface area contributed by atoms with Crippen LogP contribution in [-0.4, -0.2) is 24.5 Å². The van der Waals surface area contributed by atoms with E-state index in [-0.39, 0.29) is 12.2 Å². The molecular formula is C21H24NO6-. The van der Waals surface area contributed by atoms with E-state index in [0.717, 1.165) is 42.2 Å². The number of rotatable bonds is 7. The molecule has 0 saturated carbocycles. The molecular weight excluding hydrogens is 362 g/mol. The van der Waals surface area contributed by atoms with Gasteiger partial charge in [-0.25, -0.2) is 4.79 Å². The zero-order valence-electron chi connectivity index (χ0n) is 16.1. The van der Waals surface area contributed by atoms with E-state index in [1.165, 1.54) is 0 Å². The molecule has 1 aliphatic carbocycles. The molecule has 7 heteroatoms. The number of benzene rings is 1. The molecule has 0 aliphatic heterocycles. The largest absolute Gasteiger partial charge is 0.548 e. The lowest BCUT2D eigenvalue weighted by Gasteiger charge is -2.20. The smallest absolute Gasteiger partial charge is 0.339 e. The molecule has 0 unspecified atom stereocenters. The van der Waals surface area contributed by atoms with Gasteiger partial charge in [0.25, 0.3) is 5.91 Å². The summed E-state index contributed by atoms with van der Waals surface area (Å²) in [6.45, 7) is 3.26. The number of carboxylic acid groups (broad SMARTS) is 1. The zero-order chi connectivity index (χ0) is 20.3. The van der Waals surface area contributed by atoms with Crippen LogP contribution in [0, 0.1) is 6.92 Å². The molecule has 1 heterocycles. The van der Waals surface area contributed by atoms with Gasteiger partial charge in [-0.1, -0.05) is 13.3 Å². The summed E-state index contributed by atoms with van der Waals surface area (Å²) in [5.74, 6) is -1.44. The molecule has 0 saturated heterocycles. The molecule has 0 spiro atoms. The molecule has 1 aliphatic rings. The van der Waals surface area contributed by atoms with E-state index in [0.29, 0.717) is 29.7 Å². The normalized spacial score (nSPS) is 14.4. The highest BCUT2D eigenvalue weighted by Crippen LogP contribution is 2.32. The number of aliphatic carboxylic acids is 1. The Bertz CT molecular complexity index is 962. The summed E-state index contributed by atoms with van der Waals surface area (Å²) in [4.78, 5) is 35.4. The molecule has 1 N–H and O–H groups in total. The molecule has 1 aromatic heterocycles. The van der Waals surface area contributed by atoms with E-state index in [9.17, 15) is 19.5 Å². The maximum atomic E-state index is 12.3. The third kappa shape index (κ3) is 4.03. The van der Waals surface area contributed by atoms with E-state index in [4.69, 9.17) is 9.15 Å². The number of carboxylic acids is 1. The lowest BCUT2D eigenvalue weighted by molar-refractivity contribution is -0.308. The Morgan fingerprint density at radius 1 is 1.25 bits per heavy atom. The van der Waals surface area contributed by atoms with E-state index >= 15 is 0 Å². The SMILES string of the molecule is CCC[C@@H](NC(=O)COc1ccc2c3c(c(=O)oc2c1C)CCCC3)C(=O)[O-]. The summed E-state index contributed by atoms with van der Waals surface area (Å²) in [5.41, 5.74) is 2.61. The number of fused-ring (bicyclic) bond motifs is 3. The second-order valence-corrected chi connectivity index (χ2v) is 7.14. The number of hydrogen-bond donors (Lipinski definition) is 1. The van der Waals surface area contributed by atoms with E-state index in [1.807, 2.05) is 13.0 Å². The molecule has 2 aromatic rings. The van der Waals surface area contributed by atoms with Gasteiger partial charge in [-0.15, -0.1) is 0 Å². The van der Waals surface area contributed by atoms with Crippen molar-refractivity contribution in [2.24, 2.45) is 0 Å². The zero-order valence-corrected chi connectivity index (χ0v) is 16.1. The standard InChI is InChI=1S/C21H25NO6/c1-3-6-16(20(24)25)22-18(23)11-27-17-10-9-14-13-7-4-5-8-15(13)21(26)28-19(14)12(17)2/h9-10,16H,3-8,11H2,1-2H3,(H,22,23)(H,24,25)/p-1/t16-/m1/s1. The fourth-order valence-electron chi connectivity index (χ4n) is 3.70. The summed E-state index contributed by atoms with van der Waals surface area (Å²) in [6.07, 6.45) is 4.51. The highest BCUT2D eigenvalue weighted by atomic mass is 16.5. The fourth-order valence-corrected chi connectivity index (χ4v) is 3.70. The molecule has 0 radical (unpaired) electrons. The molecule has 28 heavy (non-hydrogen) atoms. The summed E-state index contributed by atoms with van der Waals surface area (Å²) >= 11 is 0. The Hall–Kier alpha value is -2.83. The van der Waals surface area contributed by atoms with E-state index < -0.39 is 17.9 Å². The Labute approximate surface area is 162 Å². The molecule has 150 valence electrons. The van der Waals surface area contributed by atoms with Crippen molar-refractivity contribution in [1.82, 2.24) is 5.32 Å². The van der Waals surface area contributed by atoms with Gasteiger partial charge in [0.15, 0.2) is 6.61 Å². The number of carbonyl (C=O) groups is 2. The van der Waals surface area contributed by atoms with E-state index in [2.05, 4.69) is 5.32 Å². The van der Waals surface area contributed by atoms with Crippen molar-refractivity contribution < 1.29 is 23.8 Å². The Morgan fingerprint density at radius 2 is 1.96 bits per heavy atom. The third-order valence-electron chi connectivity index (χ3n) is 5.15. The Balaban J connectivity index is 1.79. The van der Waals surface area contributed by atoms with Gasteiger partial charge < -0.3 is 24.4 Å². The van der Waals surface area contributed by atoms with Crippen molar-refractivity contribution in [3.05, 3.63) is 39.2 Å². The highest BCUT2D eigenvalue weighted by Gasteiger charge is 2.20. The van der Waals surface area contributed by atoms with Gasteiger partial charge in [0, 0.05) is 16.5 Å². The van der Waals surface area contributed by atoms with Crippen molar-refractivity contribution in [3.63, 3.8) is 0 Å². The predicted octanol–water partition coefficient (Wildman–Crippen LogP) is 1.39. The van der Waals surface area contributed by atoms with Crippen molar-refractivity contribution in [3.8, 4) is 5.75 Å². The third-order valence-corrected chi connectivity index (χ3v) is 5.15. The van der Waals surface area contributed by atoms with Crippen LogP contribution in [0.15, 0.2) is 21.3 Å². The van der Waals surface area contributed by atoms with Crippen LogP contribution in [0.1, 0.15) is 49.3 Å². The quantitative estimate of drug-likeness (QED) is 0.721. The number of amides is 1. The molecule has 1 atom stereocenters. The summed E-state index contributed by atoms with van der Waals surface area (Å²) in [6, 6.07) is 2.56. The summed E-state index contributed by atoms with van der Waals surface area (Å²) < 4.78 is 11.1. The molecule has 0 bridgehead atoms. The minimum atomic E-state index is -1.32. The first-order valence-corrected chi connectivity index (χ1v) is 9.63. The number of aryl methyl sites for hydroxylation is 2. The maximum absolute atomic E-state index is 12.3. The van der Waals surface area contributed by atoms with Gasteiger partial charge in [0.1, 0.15) is 11.3 Å². The first-order valence-electron chi connectivity index (χ1n) is 9.63. The number of ether oxygens (including phenoxy) is 1. The van der Waals surface area contributed by atoms with Gasteiger partial charge in [0.05, 0.1) is 12.0 Å². The highest BCUT2D eigenvalue weighted by molar-refractivity contribution is 5.87. The Kier molecular flexibility index (Phi) is 6.02. The first kappa shape index (κ1) is 19.9. The predicted molar refractivity (Wildman–Crippen MR) is 101 cm³/mol. The second kappa shape index (κ2) is 8.46. The topological polar surface area (TPSA) is 109 Å². The van der Waals surface area contributed by atoms with E-state index in [1.54, 1.807) is 13.0 Å². The van der Waals surface area contributed by atoms with Gasteiger partial charge in [-0.2, -0.15) is 0 Å². The Morgan fingerprint density at radius 3 is 2.64 bits per heavy atom. The number of carbonyl (C=O) groups excluding carboxylic acids is 2. The summed E-state index contributed by atoms with van der Waals surface area (Å²) in [7, 11) is 0. The van der Waals surface area contributed by atoms with Crippen LogP contribution in [-0.2, 0) is 22.4 Å². The van der Waals surface area contributed by atoms with Crippen molar-refractivity contribution in [1.29, 1.82) is 0 Å². The average molecular weight is 386 g/mol. The lowest BCUT2D eigenvalue weighted by atomic mass is 9.90. The van der Waals surface area contributed by atoms with Crippen LogP contribution < -0.4 is 20.8 Å². The fraction of sp³-hybridized carbons (Fsp3) is 0.476. The van der Waals surface area contributed by atoms with Crippen molar-refractivity contribution >= 4 is 22.8 Å². The maximum Gasteiger partial charge on any atom is 0.339 e. The van der Waals surface area contributed by atoms with Crippen LogP contribution in [0.3, 0.4) is 0 Å². The van der Waals surface area contributed by atoms with Gasteiger partial charge in [-0.05, 0) is 56.7 Å². The molecule has 0 fully saturated rings. The summed E-state index contributed by atoms with van der Waals surface area (Å²) in [5, 5.41) is 14.3. The average Bonchev–Trinajstić information content (AvgIpc) is 2.68. The number of hydrogen-bond acceptors (Lipinski definition) is 6. The minimum absolute atomic E-state index is 0.291. The first-order chi connectivity index (χ1) is 13.4. The minimum Gasteiger partial charge on any atom is -0.548 e. The van der Waals surface area contributed by atoms with Crippen molar-refractivity contribution in [2.75, 3.05) is 6.61 Å². The van der Waals surface area contributed by atoms with Gasteiger partial charge in [0.2, 0.25) is 0 Å². The van der Waals surface area contributed by atoms with Crippen LogP contribution in [0.2, 0.25) is 0 Å². The van der Waals surface area contributed by atoms with Crippen LogP contribution >= 0.6 is 0 Å². The van der Waals surface area contributed by atoms with Gasteiger partial charge in [-0.3, -0.25) is 4.79 Å². The van der Waals surface area contributed by atoms with Gasteiger partial charge >= 0.3 is 5.63 Å². The monoisotopic (exact) mass is 386 g/mol. The molecule has 1 amide bonds. The second-order valence-electron chi connectivity index (χ2n) is 7.14. The van der Waals surface area contributed by atoms with Crippen molar-refractivity contribution in [2.45, 2.75) is 58.4 Å².